The molecule has 120 valence electrons. The van der Waals surface area contributed by atoms with Gasteiger partial charge in [-0.1, -0.05) is 18.2 Å². The first-order chi connectivity index (χ1) is 11.8. The van der Waals surface area contributed by atoms with E-state index in [2.05, 4.69) is 14.9 Å². The van der Waals surface area contributed by atoms with Gasteiger partial charge in [-0.25, -0.2) is 9.78 Å². The molecule has 0 saturated carbocycles. The highest BCUT2D eigenvalue weighted by atomic mass is 16.5. The Hall–Kier alpha value is -2.95. The lowest BCUT2D eigenvalue weighted by Gasteiger charge is -2.17. The zero-order valence-corrected chi connectivity index (χ0v) is 13.1. The Kier molecular flexibility index (Phi) is 3.83. The molecule has 0 spiro atoms. The van der Waals surface area contributed by atoms with Crippen molar-refractivity contribution in [2.24, 2.45) is 0 Å². The second-order valence-corrected chi connectivity index (χ2v) is 5.83. The second kappa shape index (κ2) is 6.28. The zero-order valence-electron chi connectivity index (χ0n) is 13.1. The predicted molar refractivity (Wildman–Crippen MR) is 92.0 cm³/mol. The lowest BCUT2D eigenvalue weighted by molar-refractivity contribution is 0.0350. The minimum atomic E-state index is -0.290. The highest BCUT2D eigenvalue weighted by Gasteiger charge is 2.27. The minimum Gasteiger partial charge on any atom is -0.457 e. The van der Waals surface area contributed by atoms with E-state index in [-0.39, 0.29) is 12.1 Å². The second-order valence-electron chi connectivity index (χ2n) is 5.83. The summed E-state index contributed by atoms with van der Waals surface area (Å²) in [5.74, 6) is 0.631. The molecular formula is C19H17N3O2. The SMILES string of the molecule is O=C(O[C@@H]1CCN(c2ccccn2)C1)c1cccc2ncccc12. The summed E-state index contributed by atoms with van der Waals surface area (Å²) >= 11 is 0. The molecule has 3 aromatic rings. The van der Waals surface area contributed by atoms with E-state index in [9.17, 15) is 4.79 Å². The van der Waals surface area contributed by atoms with Crippen molar-refractivity contribution in [3.05, 3.63) is 66.5 Å². The summed E-state index contributed by atoms with van der Waals surface area (Å²) in [4.78, 5) is 23.3. The first-order valence-electron chi connectivity index (χ1n) is 8.02. The largest absolute Gasteiger partial charge is 0.457 e. The molecule has 0 N–H and O–H groups in total. The van der Waals surface area contributed by atoms with Gasteiger partial charge < -0.3 is 9.64 Å². The van der Waals surface area contributed by atoms with E-state index >= 15 is 0 Å². The lowest BCUT2D eigenvalue weighted by atomic mass is 10.1. The monoisotopic (exact) mass is 319 g/mol. The number of anilines is 1. The molecule has 1 fully saturated rings. The number of hydrogen-bond acceptors (Lipinski definition) is 5. The number of pyridine rings is 2. The van der Waals surface area contributed by atoms with Crippen molar-refractivity contribution in [3.8, 4) is 0 Å². The number of nitrogens with zero attached hydrogens (tertiary/aromatic N) is 3. The summed E-state index contributed by atoms with van der Waals surface area (Å²) in [6.45, 7) is 1.51. The summed E-state index contributed by atoms with van der Waals surface area (Å²) in [6, 6.07) is 15.1. The van der Waals surface area contributed by atoms with Crippen molar-refractivity contribution in [3.63, 3.8) is 0 Å². The molecule has 5 nitrogen and oxygen atoms in total. The Morgan fingerprint density at radius 3 is 2.83 bits per heavy atom. The lowest BCUT2D eigenvalue weighted by Crippen LogP contribution is -2.25. The average Bonchev–Trinajstić information content (AvgIpc) is 3.10. The molecule has 0 unspecified atom stereocenters. The van der Waals surface area contributed by atoms with Gasteiger partial charge in [0.05, 0.1) is 17.6 Å². The first-order valence-corrected chi connectivity index (χ1v) is 8.02. The van der Waals surface area contributed by atoms with Crippen LogP contribution in [0.3, 0.4) is 0 Å². The summed E-state index contributed by atoms with van der Waals surface area (Å²) in [5.41, 5.74) is 1.37. The number of benzene rings is 1. The molecule has 1 aliphatic rings. The van der Waals surface area contributed by atoms with Crippen LogP contribution in [-0.4, -0.2) is 35.1 Å². The summed E-state index contributed by atoms with van der Waals surface area (Å²) in [6.07, 6.45) is 4.19. The van der Waals surface area contributed by atoms with Gasteiger partial charge in [0.15, 0.2) is 0 Å². The van der Waals surface area contributed by atoms with Crippen LogP contribution in [0.1, 0.15) is 16.8 Å². The number of hydrogen-bond donors (Lipinski definition) is 0. The molecular weight excluding hydrogens is 302 g/mol. The van der Waals surface area contributed by atoms with Crippen molar-refractivity contribution >= 4 is 22.7 Å². The van der Waals surface area contributed by atoms with E-state index in [0.29, 0.717) is 12.1 Å². The topological polar surface area (TPSA) is 55.3 Å². The van der Waals surface area contributed by atoms with Crippen LogP contribution in [-0.2, 0) is 4.74 Å². The van der Waals surface area contributed by atoms with Crippen molar-refractivity contribution in [1.82, 2.24) is 9.97 Å². The zero-order chi connectivity index (χ0) is 16.4. The number of carbonyl (C=O) groups is 1. The van der Waals surface area contributed by atoms with E-state index in [4.69, 9.17) is 4.74 Å². The highest BCUT2D eigenvalue weighted by Crippen LogP contribution is 2.22. The Morgan fingerprint density at radius 2 is 1.96 bits per heavy atom. The Morgan fingerprint density at radius 1 is 1.04 bits per heavy atom. The standard InChI is InChI=1S/C19H17N3O2/c23-19(16-5-3-7-17-15(16)6-4-11-20-17)24-14-9-12-22(13-14)18-8-1-2-10-21-18/h1-8,10-11,14H,9,12-13H2/t14-/m1/s1. The fourth-order valence-corrected chi connectivity index (χ4v) is 3.07. The molecule has 24 heavy (non-hydrogen) atoms. The molecule has 1 aliphatic heterocycles. The van der Waals surface area contributed by atoms with E-state index in [1.807, 2.05) is 42.5 Å². The van der Waals surface area contributed by atoms with Crippen molar-refractivity contribution in [2.45, 2.75) is 12.5 Å². The van der Waals surface area contributed by atoms with E-state index in [1.54, 1.807) is 18.5 Å². The van der Waals surface area contributed by atoms with Crippen LogP contribution in [0.5, 0.6) is 0 Å². The third-order valence-corrected chi connectivity index (χ3v) is 4.26. The van der Waals surface area contributed by atoms with Gasteiger partial charge in [0.2, 0.25) is 0 Å². The van der Waals surface area contributed by atoms with Gasteiger partial charge >= 0.3 is 5.97 Å². The minimum absolute atomic E-state index is 0.119. The van der Waals surface area contributed by atoms with Crippen LogP contribution in [0.2, 0.25) is 0 Å². The molecule has 3 heterocycles. The maximum Gasteiger partial charge on any atom is 0.339 e. The fourth-order valence-electron chi connectivity index (χ4n) is 3.07. The molecule has 0 radical (unpaired) electrons. The molecule has 1 atom stereocenters. The highest BCUT2D eigenvalue weighted by molar-refractivity contribution is 6.03. The summed E-state index contributed by atoms with van der Waals surface area (Å²) < 4.78 is 5.72. The first kappa shape index (κ1) is 14.6. The van der Waals surface area contributed by atoms with Crippen molar-refractivity contribution in [1.29, 1.82) is 0 Å². The van der Waals surface area contributed by atoms with Crippen LogP contribution in [0.4, 0.5) is 5.82 Å². The van der Waals surface area contributed by atoms with Crippen LogP contribution < -0.4 is 4.90 Å². The number of ether oxygens (including phenoxy) is 1. The number of aromatic nitrogens is 2. The molecule has 1 aromatic carbocycles. The third kappa shape index (κ3) is 2.80. The normalized spacial score (nSPS) is 17.2. The molecule has 5 heteroatoms. The van der Waals surface area contributed by atoms with Gasteiger partial charge in [-0.2, -0.15) is 0 Å². The van der Waals surface area contributed by atoms with Crippen LogP contribution >= 0.6 is 0 Å². The van der Waals surface area contributed by atoms with Gasteiger partial charge in [0, 0.05) is 30.7 Å². The average molecular weight is 319 g/mol. The maximum absolute atomic E-state index is 12.6. The molecule has 2 aromatic heterocycles. The number of rotatable bonds is 3. The maximum atomic E-state index is 12.6. The Bertz CT molecular complexity index is 861. The van der Waals surface area contributed by atoms with Gasteiger partial charge in [0.25, 0.3) is 0 Å². The predicted octanol–water partition coefficient (Wildman–Crippen LogP) is 3.07. The van der Waals surface area contributed by atoms with Gasteiger partial charge in [0.1, 0.15) is 11.9 Å². The van der Waals surface area contributed by atoms with Crippen LogP contribution in [0, 0.1) is 0 Å². The summed E-state index contributed by atoms with van der Waals surface area (Å²) in [5, 5.41) is 0.824. The molecule has 1 saturated heterocycles. The number of carbonyl (C=O) groups excluding carboxylic acids is 1. The summed E-state index contributed by atoms with van der Waals surface area (Å²) in [7, 11) is 0. The molecule has 0 aliphatic carbocycles. The van der Waals surface area contributed by atoms with E-state index in [0.717, 1.165) is 29.7 Å². The van der Waals surface area contributed by atoms with Crippen molar-refractivity contribution < 1.29 is 9.53 Å². The Balaban J connectivity index is 1.49. The number of esters is 1. The van der Waals surface area contributed by atoms with Gasteiger partial charge in [-0.3, -0.25) is 4.98 Å². The quantitative estimate of drug-likeness (QED) is 0.695. The van der Waals surface area contributed by atoms with Crippen LogP contribution in [0.15, 0.2) is 60.9 Å². The van der Waals surface area contributed by atoms with E-state index in [1.165, 1.54) is 0 Å². The molecule has 4 rings (SSSR count). The number of fused-ring (bicyclic) bond motifs is 1. The fraction of sp³-hybridized carbons (Fsp3) is 0.211. The van der Waals surface area contributed by atoms with Gasteiger partial charge in [-0.15, -0.1) is 0 Å². The third-order valence-electron chi connectivity index (χ3n) is 4.26. The van der Waals surface area contributed by atoms with Crippen LogP contribution in [0.25, 0.3) is 10.9 Å². The smallest absolute Gasteiger partial charge is 0.339 e. The molecule has 0 bridgehead atoms. The van der Waals surface area contributed by atoms with Crippen molar-refractivity contribution in [2.75, 3.05) is 18.0 Å². The molecule has 0 amide bonds. The Labute approximate surface area is 139 Å². The van der Waals surface area contributed by atoms with Gasteiger partial charge in [-0.05, 0) is 30.3 Å². The van der Waals surface area contributed by atoms with E-state index < -0.39 is 0 Å².